The van der Waals surface area contributed by atoms with Gasteiger partial charge in [0, 0.05) is 12.6 Å². The first kappa shape index (κ1) is 12.7. The minimum Gasteiger partial charge on any atom is -0.505 e. The van der Waals surface area contributed by atoms with Crippen molar-refractivity contribution in [3.05, 3.63) is 23.8 Å². The third kappa shape index (κ3) is 2.42. The zero-order valence-corrected chi connectivity index (χ0v) is 10.7. The fourth-order valence-corrected chi connectivity index (χ4v) is 2.47. The van der Waals surface area contributed by atoms with Gasteiger partial charge in [0.25, 0.3) is 5.91 Å². The van der Waals surface area contributed by atoms with Crippen LogP contribution in [0.3, 0.4) is 0 Å². The number of nitrogen functional groups attached to an aromatic ring is 1. The van der Waals surface area contributed by atoms with E-state index in [1.807, 2.05) is 4.90 Å². The molecule has 1 heterocycles. The summed E-state index contributed by atoms with van der Waals surface area (Å²) in [6, 6.07) is 5.15. The Kier molecular flexibility index (Phi) is 3.75. The van der Waals surface area contributed by atoms with Crippen molar-refractivity contribution in [2.75, 3.05) is 12.3 Å². The number of benzene rings is 1. The standard InChI is InChI=1S/C14H20N2O2/c1-10-6-3-2-4-9-16(10)14(18)11-7-5-8-12(15)13(11)17/h5,7-8,10,17H,2-4,6,9,15H2,1H3. The summed E-state index contributed by atoms with van der Waals surface area (Å²) in [6.45, 7) is 2.82. The van der Waals surface area contributed by atoms with Gasteiger partial charge in [0.1, 0.15) is 0 Å². The average molecular weight is 248 g/mol. The van der Waals surface area contributed by atoms with E-state index in [0.29, 0.717) is 5.56 Å². The van der Waals surface area contributed by atoms with Crippen molar-refractivity contribution >= 4 is 11.6 Å². The zero-order chi connectivity index (χ0) is 13.1. The summed E-state index contributed by atoms with van der Waals surface area (Å²) in [5.41, 5.74) is 6.19. The number of nitrogens with two attached hydrogens (primary N) is 1. The lowest BCUT2D eigenvalue weighted by Gasteiger charge is -2.27. The Labute approximate surface area is 107 Å². The van der Waals surface area contributed by atoms with Crippen molar-refractivity contribution in [2.45, 2.75) is 38.6 Å². The van der Waals surface area contributed by atoms with E-state index in [1.54, 1.807) is 18.2 Å². The predicted molar refractivity (Wildman–Crippen MR) is 71.5 cm³/mol. The number of phenolic OH excluding ortho intramolecular Hbond substituents is 1. The molecule has 98 valence electrons. The molecule has 2 rings (SSSR count). The number of carbonyl (C=O) groups is 1. The normalized spacial score (nSPS) is 20.5. The molecular formula is C14H20N2O2. The summed E-state index contributed by atoms with van der Waals surface area (Å²) in [7, 11) is 0. The Bertz CT molecular complexity index is 445. The molecule has 0 aliphatic carbocycles. The van der Waals surface area contributed by atoms with Gasteiger partial charge < -0.3 is 15.7 Å². The van der Waals surface area contributed by atoms with E-state index in [4.69, 9.17) is 5.73 Å². The molecule has 1 atom stereocenters. The molecule has 4 heteroatoms. The van der Waals surface area contributed by atoms with Crippen molar-refractivity contribution in [3.63, 3.8) is 0 Å². The Hall–Kier alpha value is -1.71. The third-order valence-electron chi connectivity index (χ3n) is 3.61. The second-order valence-electron chi connectivity index (χ2n) is 4.94. The van der Waals surface area contributed by atoms with E-state index in [0.717, 1.165) is 32.2 Å². The van der Waals surface area contributed by atoms with Crippen molar-refractivity contribution < 1.29 is 9.90 Å². The molecule has 4 nitrogen and oxygen atoms in total. The lowest BCUT2D eigenvalue weighted by Crippen LogP contribution is -2.38. The van der Waals surface area contributed by atoms with Gasteiger partial charge in [0.2, 0.25) is 0 Å². The first-order valence-corrected chi connectivity index (χ1v) is 6.49. The molecule has 1 unspecified atom stereocenters. The van der Waals surface area contributed by atoms with Crippen molar-refractivity contribution in [1.82, 2.24) is 4.90 Å². The maximum absolute atomic E-state index is 12.4. The Balaban J connectivity index is 2.26. The summed E-state index contributed by atoms with van der Waals surface area (Å²) >= 11 is 0. The predicted octanol–water partition coefficient (Wildman–Crippen LogP) is 2.38. The topological polar surface area (TPSA) is 66.6 Å². The smallest absolute Gasteiger partial charge is 0.257 e. The van der Waals surface area contributed by atoms with Crippen molar-refractivity contribution in [1.29, 1.82) is 0 Å². The van der Waals surface area contributed by atoms with Crippen LogP contribution in [0.2, 0.25) is 0 Å². The minimum absolute atomic E-state index is 0.0982. The minimum atomic E-state index is -0.116. The number of likely N-dealkylation sites (tertiary alicyclic amines) is 1. The Morgan fingerprint density at radius 2 is 2.17 bits per heavy atom. The number of phenols is 1. The number of anilines is 1. The largest absolute Gasteiger partial charge is 0.505 e. The van der Waals surface area contributed by atoms with Crippen LogP contribution in [0.15, 0.2) is 18.2 Å². The molecule has 3 N–H and O–H groups in total. The number of hydrogen-bond donors (Lipinski definition) is 2. The molecule has 1 amide bonds. The van der Waals surface area contributed by atoms with E-state index in [-0.39, 0.29) is 23.4 Å². The number of carbonyl (C=O) groups excluding carboxylic acids is 1. The number of rotatable bonds is 1. The van der Waals surface area contributed by atoms with Gasteiger partial charge in [-0.2, -0.15) is 0 Å². The molecule has 1 saturated heterocycles. The molecule has 0 saturated carbocycles. The molecule has 1 aromatic carbocycles. The molecule has 0 spiro atoms. The fourth-order valence-electron chi connectivity index (χ4n) is 2.47. The monoisotopic (exact) mass is 248 g/mol. The highest BCUT2D eigenvalue weighted by atomic mass is 16.3. The maximum Gasteiger partial charge on any atom is 0.257 e. The lowest BCUT2D eigenvalue weighted by atomic mass is 10.1. The highest BCUT2D eigenvalue weighted by Gasteiger charge is 2.25. The Morgan fingerprint density at radius 1 is 1.39 bits per heavy atom. The van der Waals surface area contributed by atoms with E-state index in [2.05, 4.69) is 6.92 Å². The highest BCUT2D eigenvalue weighted by molar-refractivity contribution is 5.98. The molecule has 1 fully saturated rings. The van der Waals surface area contributed by atoms with Crippen LogP contribution >= 0.6 is 0 Å². The van der Waals surface area contributed by atoms with Gasteiger partial charge in [-0.1, -0.05) is 18.9 Å². The van der Waals surface area contributed by atoms with Crippen LogP contribution in [0.5, 0.6) is 5.75 Å². The van der Waals surface area contributed by atoms with E-state index in [9.17, 15) is 9.90 Å². The van der Waals surface area contributed by atoms with E-state index >= 15 is 0 Å². The average Bonchev–Trinajstić information content (AvgIpc) is 2.57. The van der Waals surface area contributed by atoms with Gasteiger partial charge >= 0.3 is 0 Å². The molecule has 1 aliphatic heterocycles. The number of para-hydroxylation sites is 1. The molecule has 18 heavy (non-hydrogen) atoms. The number of nitrogens with zero attached hydrogens (tertiary/aromatic N) is 1. The van der Waals surface area contributed by atoms with Crippen LogP contribution in [0.25, 0.3) is 0 Å². The second-order valence-corrected chi connectivity index (χ2v) is 4.94. The van der Waals surface area contributed by atoms with E-state index in [1.165, 1.54) is 0 Å². The van der Waals surface area contributed by atoms with Crippen molar-refractivity contribution in [2.24, 2.45) is 0 Å². The summed E-state index contributed by atoms with van der Waals surface area (Å²) < 4.78 is 0. The first-order valence-electron chi connectivity index (χ1n) is 6.49. The molecule has 1 aliphatic rings. The molecule has 0 bridgehead atoms. The molecule has 0 radical (unpaired) electrons. The summed E-state index contributed by atoms with van der Waals surface area (Å²) in [5.74, 6) is -0.215. The van der Waals surface area contributed by atoms with Crippen LogP contribution in [-0.2, 0) is 0 Å². The fraction of sp³-hybridized carbons (Fsp3) is 0.500. The molecular weight excluding hydrogens is 228 g/mol. The van der Waals surface area contributed by atoms with Crippen LogP contribution < -0.4 is 5.73 Å². The maximum atomic E-state index is 12.4. The second kappa shape index (κ2) is 5.29. The van der Waals surface area contributed by atoms with Gasteiger partial charge in [-0.25, -0.2) is 0 Å². The number of aromatic hydroxyl groups is 1. The van der Waals surface area contributed by atoms with Crippen LogP contribution in [0.4, 0.5) is 5.69 Å². The van der Waals surface area contributed by atoms with E-state index < -0.39 is 0 Å². The lowest BCUT2D eigenvalue weighted by molar-refractivity contribution is 0.0695. The first-order chi connectivity index (χ1) is 8.61. The van der Waals surface area contributed by atoms with Crippen LogP contribution in [0.1, 0.15) is 43.0 Å². The molecule has 1 aromatic rings. The zero-order valence-electron chi connectivity index (χ0n) is 10.7. The van der Waals surface area contributed by atoms with Crippen LogP contribution in [0, 0.1) is 0 Å². The van der Waals surface area contributed by atoms with Crippen molar-refractivity contribution in [3.8, 4) is 5.75 Å². The van der Waals surface area contributed by atoms with Gasteiger partial charge in [0.05, 0.1) is 11.3 Å². The van der Waals surface area contributed by atoms with Gasteiger partial charge in [0.15, 0.2) is 5.75 Å². The Morgan fingerprint density at radius 3 is 2.94 bits per heavy atom. The summed E-state index contributed by atoms with van der Waals surface area (Å²) in [4.78, 5) is 14.3. The number of amides is 1. The summed E-state index contributed by atoms with van der Waals surface area (Å²) in [5, 5.41) is 9.88. The number of hydrogen-bond acceptors (Lipinski definition) is 3. The van der Waals surface area contributed by atoms with Gasteiger partial charge in [-0.3, -0.25) is 4.79 Å². The van der Waals surface area contributed by atoms with Crippen LogP contribution in [-0.4, -0.2) is 28.5 Å². The third-order valence-corrected chi connectivity index (χ3v) is 3.61. The van der Waals surface area contributed by atoms with Gasteiger partial charge in [-0.15, -0.1) is 0 Å². The quantitative estimate of drug-likeness (QED) is 0.592. The van der Waals surface area contributed by atoms with Gasteiger partial charge in [-0.05, 0) is 31.9 Å². The molecule has 0 aromatic heterocycles. The highest BCUT2D eigenvalue weighted by Crippen LogP contribution is 2.27. The SMILES string of the molecule is CC1CCCCCN1C(=O)c1cccc(N)c1O. The summed E-state index contributed by atoms with van der Waals surface area (Å²) in [6.07, 6.45) is 4.37.